The predicted octanol–water partition coefficient (Wildman–Crippen LogP) is 4.11. The van der Waals surface area contributed by atoms with Crippen molar-refractivity contribution in [3.05, 3.63) is 59.2 Å². The standard InChI is InChI=1S/C22H25NO4S/c1-14(22(25)26)28-20-9-4-3-8-19(20)21(24)23-13-16-7-5-6-15-12-17(27-2)10-11-18(15)16/h3-4,8-12,14,16H,5-7,13H2,1-2H3,(H,23,24)(H,25,26). The highest BCUT2D eigenvalue weighted by molar-refractivity contribution is 8.00. The molecule has 148 valence electrons. The molecule has 0 saturated heterocycles. The molecule has 2 aromatic rings. The van der Waals surface area contributed by atoms with Crippen molar-refractivity contribution >= 4 is 23.6 Å². The first-order chi connectivity index (χ1) is 13.5. The number of aliphatic carboxylic acids is 1. The van der Waals surface area contributed by atoms with E-state index in [4.69, 9.17) is 9.84 Å². The summed E-state index contributed by atoms with van der Waals surface area (Å²) in [4.78, 5) is 24.6. The Labute approximate surface area is 169 Å². The summed E-state index contributed by atoms with van der Waals surface area (Å²) in [5.41, 5.74) is 3.08. The minimum absolute atomic E-state index is 0.165. The number of hydrogen-bond acceptors (Lipinski definition) is 4. The lowest BCUT2D eigenvalue weighted by Crippen LogP contribution is -2.30. The summed E-state index contributed by atoms with van der Waals surface area (Å²) < 4.78 is 5.32. The molecule has 0 heterocycles. The number of carbonyl (C=O) groups excluding carboxylic acids is 1. The maximum atomic E-state index is 12.8. The fourth-order valence-corrected chi connectivity index (χ4v) is 4.47. The van der Waals surface area contributed by atoms with Crippen molar-refractivity contribution in [2.75, 3.05) is 13.7 Å². The summed E-state index contributed by atoms with van der Waals surface area (Å²) >= 11 is 1.19. The molecule has 6 heteroatoms. The first-order valence-corrected chi connectivity index (χ1v) is 10.3. The Kier molecular flexibility index (Phi) is 6.62. The second-order valence-corrected chi connectivity index (χ2v) is 8.34. The van der Waals surface area contributed by atoms with Gasteiger partial charge in [0.2, 0.25) is 0 Å². The highest BCUT2D eigenvalue weighted by Crippen LogP contribution is 2.33. The van der Waals surface area contributed by atoms with Crippen LogP contribution in [0.5, 0.6) is 5.75 Å². The Bertz CT molecular complexity index is 867. The number of carbonyl (C=O) groups is 2. The van der Waals surface area contributed by atoms with Gasteiger partial charge in [-0.15, -0.1) is 11.8 Å². The number of aryl methyl sites for hydroxylation is 1. The molecule has 2 N–H and O–H groups in total. The van der Waals surface area contributed by atoms with E-state index >= 15 is 0 Å². The lowest BCUT2D eigenvalue weighted by Gasteiger charge is -2.26. The van der Waals surface area contributed by atoms with E-state index in [-0.39, 0.29) is 11.8 Å². The van der Waals surface area contributed by atoms with E-state index in [0.29, 0.717) is 17.0 Å². The maximum Gasteiger partial charge on any atom is 0.316 e. The molecule has 2 atom stereocenters. The first-order valence-electron chi connectivity index (χ1n) is 9.43. The van der Waals surface area contributed by atoms with Crippen molar-refractivity contribution in [2.45, 2.75) is 42.2 Å². The molecule has 0 aromatic heterocycles. The number of thioether (sulfide) groups is 1. The van der Waals surface area contributed by atoms with Gasteiger partial charge in [-0.05, 0) is 61.6 Å². The van der Waals surface area contributed by atoms with E-state index in [9.17, 15) is 9.59 Å². The molecular formula is C22H25NO4S. The number of methoxy groups -OCH3 is 1. The zero-order chi connectivity index (χ0) is 20.1. The summed E-state index contributed by atoms with van der Waals surface area (Å²) in [7, 11) is 1.67. The Morgan fingerprint density at radius 1 is 1.29 bits per heavy atom. The van der Waals surface area contributed by atoms with Gasteiger partial charge in [0.1, 0.15) is 11.0 Å². The molecule has 1 amide bonds. The van der Waals surface area contributed by atoms with Gasteiger partial charge < -0.3 is 15.2 Å². The second-order valence-electron chi connectivity index (χ2n) is 6.96. The smallest absolute Gasteiger partial charge is 0.316 e. The average molecular weight is 400 g/mol. The van der Waals surface area contributed by atoms with E-state index in [1.54, 1.807) is 32.2 Å². The van der Waals surface area contributed by atoms with Crippen molar-refractivity contribution in [2.24, 2.45) is 0 Å². The van der Waals surface area contributed by atoms with Crippen LogP contribution in [0.15, 0.2) is 47.4 Å². The van der Waals surface area contributed by atoms with Crippen molar-refractivity contribution < 1.29 is 19.4 Å². The number of amides is 1. The van der Waals surface area contributed by atoms with Gasteiger partial charge in [-0.2, -0.15) is 0 Å². The zero-order valence-corrected chi connectivity index (χ0v) is 16.9. The van der Waals surface area contributed by atoms with Crippen LogP contribution >= 0.6 is 11.8 Å². The van der Waals surface area contributed by atoms with E-state index in [1.807, 2.05) is 12.1 Å². The Balaban J connectivity index is 1.70. The summed E-state index contributed by atoms with van der Waals surface area (Å²) in [6, 6.07) is 13.3. The van der Waals surface area contributed by atoms with Crippen LogP contribution in [0, 0.1) is 0 Å². The third kappa shape index (κ3) is 4.68. The molecule has 0 bridgehead atoms. The van der Waals surface area contributed by atoms with Crippen LogP contribution in [0.2, 0.25) is 0 Å². The van der Waals surface area contributed by atoms with Gasteiger partial charge in [-0.1, -0.05) is 18.2 Å². The number of hydrogen-bond donors (Lipinski definition) is 2. The minimum atomic E-state index is -0.894. The van der Waals surface area contributed by atoms with Crippen molar-refractivity contribution in [3.63, 3.8) is 0 Å². The lowest BCUT2D eigenvalue weighted by molar-refractivity contribution is -0.136. The molecule has 0 spiro atoms. The second kappa shape index (κ2) is 9.15. The number of benzene rings is 2. The van der Waals surface area contributed by atoms with Gasteiger partial charge in [0, 0.05) is 17.4 Å². The number of ether oxygens (including phenoxy) is 1. The lowest BCUT2D eigenvalue weighted by atomic mass is 9.82. The van der Waals surface area contributed by atoms with Crippen molar-refractivity contribution in [3.8, 4) is 5.75 Å². The van der Waals surface area contributed by atoms with Gasteiger partial charge in [-0.3, -0.25) is 9.59 Å². The largest absolute Gasteiger partial charge is 0.497 e. The molecule has 3 rings (SSSR count). The molecule has 28 heavy (non-hydrogen) atoms. The molecule has 5 nitrogen and oxygen atoms in total. The fourth-order valence-electron chi connectivity index (χ4n) is 3.54. The molecule has 2 unspecified atom stereocenters. The molecule has 0 saturated carbocycles. The van der Waals surface area contributed by atoms with Gasteiger partial charge in [0.05, 0.1) is 12.7 Å². The zero-order valence-electron chi connectivity index (χ0n) is 16.1. The van der Waals surface area contributed by atoms with Gasteiger partial charge in [0.15, 0.2) is 0 Å². The van der Waals surface area contributed by atoms with E-state index in [1.165, 1.54) is 22.9 Å². The number of rotatable bonds is 7. The third-order valence-electron chi connectivity index (χ3n) is 5.08. The first kappa shape index (κ1) is 20.3. The molecule has 0 radical (unpaired) electrons. The number of carboxylic acid groups (broad SMARTS) is 1. The summed E-state index contributed by atoms with van der Waals surface area (Å²) in [6.07, 6.45) is 3.15. The monoisotopic (exact) mass is 399 g/mol. The number of nitrogens with one attached hydrogen (secondary N) is 1. The maximum absolute atomic E-state index is 12.8. The SMILES string of the molecule is COc1ccc2c(c1)CCCC2CNC(=O)c1ccccc1SC(C)C(=O)O. The van der Waals surface area contributed by atoms with E-state index < -0.39 is 11.2 Å². The average Bonchev–Trinajstić information content (AvgIpc) is 2.71. The van der Waals surface area contributed by atoms with Crippen LogP contribution in [0.1, 0.15) is 47.2 Å². The van der Waals surface area contributed by atoms with E-state index in [2.05, 4.69) is 17.4 Å². The van der Waals surface area contributed by atoms with Crippen LogP contribution in [0.25, 0.3) is 0 Å². The normalized spacial score (nSPS) is 16.7. The van der Waals surface area contributed by atoms with Crippen LogP contribution in [0.3, 0.4) is 0 Å². The third-order valence-corrected chi connectivity index (χ3v) is 6.25. The molecular weight excluding hydrogens is 374 g/mol. The van der Waals surface area contributed by atoms with Gasteiger partial charge in [-0.25, -0.2) is 0 Å². The predicted molar refractivity (Wildman–Crippen MR) is 110 cm³/mol. The highest BCUT2D eigenvalue weighted by Gasteiger charge is 2.23. The van der Waals surface area contributed by atoms with E-state index in [0.717, 1.165) is 25.0 Å². The van der Waals surface area contributed by atoms with Crippen LogP contribution in [0.4, 0.5) is 0 Å². The Morgan fingerprint density at radius 2 is 2.07 bits per heavy atom. The summed E-state index contributed by atoms with van der Waals surface area (Å²) in [5, 5.41) is 11.6. The Morgan fingerprint density at radius 3 is 2.82 bits per heavy atom. The highest BCUT2D eigenvalue weighted by atomic mass is 32.2. The Hall–Kier alpha value is -2.47. The molecule has 1 aliphatic rings. The summed E-state index contributed by atoms with van der Waals surface area (Å²) in [5.74, 6) is 0.0779. The van der Waals surface area contributed by atoms with Crippen molar-refractivity contribution in [1.82, 2.24) is 5.32 Å². The quantitative estimate of drug-likeness (QED) is 0.685. The molecule has 0 aliphatic heterocycles. The molecule has 1 aliphatic carbocycles. The summed E-state index contributed by atoms with van der Waals surface area (Å²) in [6.45, 7) is 2.18. The van der Waals surface area contributed by atoms with Crippen LogP contribution < -0.4 is 10.1 Å². The topological polar surface area (TPSA) is 75.6 Å². The van der Waals surface area contributed by atoms with Gasteiger partial charge >= 0.3 is 5.97 Å². The van der Waals surface area contributed by atoms with Crippen LogP contribution in [-0.2, 0) is 11.2 Å². The fraction of sp³-hybridized carbons (Fsp3) is 0.364. The van der Waals surface area contributed by atoms with Crippen molar-refractivity contribution in [1.29, 1.82) is 0 Å². The number of fused-ring (bicyclic) bond motifs is 1. The molecule has 2 aromatic carbocycles. The molecule has 0 fully saturated rings. The van der Waals surface area contributed by atoms with Crippen LogP contribution in [-0.4, -0.2) is 35.9 Å². The minimum Gasteiger partial charge on any atom is -0.497 e. The van der Waals surface area contributed by atoms with Gasteiger partial charge in [0.25, 0.3) is 5.91 Å². The number of carboxylic acids is 1.